The predicted octanol–water partition coefficient (Wildman–Crippen LogP) is 3.01. The van der Waals surface area contributed by atoms with Gasteiger partial charge in [-0.1, -0.05) is 36.4 Å². The molecule has 0 N–H and O–H groups in total. The SMILES string of the molecule is CC(C)N(Cc1ccccc1)c1cnnc(N2CCN(c3ccccn3)CC2)n1. The molecular formula is C22H27N7. The molecule has 0 spiro atoms. The number of hydrogen-bond acceptors (Lipinski definition) is 7. The number of anilines is 3. The van der Waals surface area contributed by atoms with E-state index in [0.717, 1.165) is 44.4 Å². The Morgan fingerprint density at radius 3 is 2.34 bits per heavy atom. The Bertz CT molecular complexity index is 893. The number of hydrogen-bond donors (Lipinski definition) is 0. The van der Waals surface area contributed by atoms with Crippen molar-refractivity contribution in [2.45, 2.75) is 26.4 Å². The average molecular weight is 390 g/mol. The Morgan fingerprint density at radius 1 is 0.931 bits per heavy atom. The molecule has 0 saturated carbocycles. The first-order chi connectivity index (χ1) is 14.2. The highest BCUT2D eigenvalue weighted by molar-refractivity contribution is 5.45. The molecule has 29 heavy (non-hydrogen) atoms. The van der Waals surface area contributed by atoms with Crippen molar-refractivity contribution in [3.05, 3.63) is 66.5 Å². The van der Waals surface area contributed by atoms with Crippen molar-refractivity contribution >= 4 is 17.6 Å². The molecule has 150 valence electrons. The van der Waals surface area contributed by atoms with Crippen molar-refractivity contribution in [1.82, 2.24) is 20.2 Å². The molecule has 1 fully saturated rings. The number of nitrogens with zero attached hydrogens (tertiary/aromatic N) is 7. The summed E-state index contributed by atoms with van der Waals surface area (Å²) in [4.78, 5) is 16.1. The molecule has 0 radical (unpaired) electrons. The van der Waals surface area contributed by atoms with Crippen molar-refractivity contribution in [3.63, 3.8) is 0 Å². The summed E-state index contributed by atoms with van der Waals surface area (Å²) >= 11 is 0. The second kappa shape index (κ2) is 8.86. The summed E-state index contributed by atoms with van der Waals surface area (Å²) in [6.07, 6.45) is 3.60. The third-order valence-corrected chi connectivity index (χ3v) is 5.18. The number of aromatic nitrogens is 4. The van der Waals surface area contributed by atoms with Gasteiger partial charge in [0.25, 0.3) is 0 Å². The Labute approximate surface area is 172 Å². The molecule has 2 aromatic heterocycles. The first-order valence-corrected chi connectivity index (χ1v) is 10.1. The third-order valence-electron chi connectivity index (χ3n) is 5.18. The molecule has 0 bridgehead atoms. The largest absolute Gasteiger partial charge is 0.353 e. The van der Waals surface area contributed by atoms with Gasteiger partial charge in [0, 0.05) is 45.0 Å². The number of rotatable bonds is 6. The van der Waals surface area contributed by atoms with Crippen molar-refractivity contribution in [2.24, 2.45) is 0 Å². The topological polar surface area (TPSA) is 61.3 Å². The van der Waals surface area contributed by atoms with E-state index < -0.39 is 0 Å². The Balaban J connectivity index is 1.47. The van der Waals surface area contributed by atoms with Gasteiger partial charge < -0.3 is 14.7 Å². The zero-order valence-corrected chi connectivity index (χ0v) is 17.0. The maximum absolute atomic E-state index is 4.86. The van der Waals surface area contributed by atoms with E-state index in [1.54, 1.807) is 6.20 Å². The maximum Gasteiger partial charge on any atom is 0.247 e. The molecule has 7 nitrogen and oxygen atoms in total. The van der Waals surface area contributed by atoms with Crippen LogP contribution in [0.15, 0.2) is 60.9 Å². The fraction of sp³-hybridized carbons (Fsp3) is 0.364. The highest BCUT2D eigenvalue weighted by atomic mass is 15.4. The molecule has 1 aliphatic heterocycles. The molecular weight excluding hydrogens is 362 g/mol. The number of piperazine rings is 1. The van der Waals surface area contributed by atoms with Crippen LogP contribution >= 0.6 is 0 Å². The van der Waals surface area contributed by atoms with Gasteiger partial charge in [0.2, 0.25) is 5.95 Å². The fourth-order valence-corrected chi connectivity index (χ4v) is 3.54. The second-order valence-corrected chi connectivity index (χ2v) is 7.48. The maximum atomic E-state index is 4.86. The van der Waals surface area contributed by atoms with Crippen LogP contribution in [0.25, 0.3) is 0 Å². The van der Waals surface area contributed by atoms with Gasteiger partial charge in [-0.25, -0.2) is 4.98 Å². The molecule has 7 heteroatoms. The van der Waals surface area contributed by atoms with Crippen molar-refractivity contribution in [3.8, 4) is 0 Å². The molecule has 0 amide bonds. The highest BCUT2D eigenvalue weighted by Crippen LogP contribution is 2.21. The molecule has 0 atom stereocenters. The van der Waals surface area contributed by atoms with Gasteiger partial charge in [0.15, 0.2) is 5.82 Å². The van der Waals surface area contributed by atoms with E-state index in [9.17, 15) is 0 Å². The van der Waals surface area contributed by atoms with Gasteiger partial charge >= 0.3 is 0 Å². The van der Waals surface area contributed by atoms with Crippen LogP contribution in [0.5, 0.6) is 0 Å². The average Bonchev–Trinajstić information content (AvgIpc) is 2.79. The Hall–Kier alpha value is -3.22. The molecule has 1 aliphatic rings. The van der Waals surface area contributed by atoms with Crippen LogP contribution < -0.4 is 14.7 Å². The lowest BCUT2D eigenvalue weighted by Gasteiger charge is -2.35. The summed E-state index contributed by atoms with van der Waals surface area (Å²) in [5.74, 6) is 2.58. The smallest absolute Gasteiger partial charge is 0.247 e. The zero-order chi connectivity index (χ0) is 20.1. The highest BCUT2D eigenvalue weighted by Gasteiger charge is 2.22. The standard InChI is InChI=1S/C22H27N7/c1-18(2)29(17-19-8-4-3-5-9-19)21-16-24-26-22(25-21)28-14-12-27(13-15-28)20-10-6-7-11-23-20/h3-11,16,18H,12-15,17H2,1-2H3. The minimum absolute atomic E-state index is 0.306. The van der Waals surface area contributed by atoms with Crippen LogP contribution in [0.2, 0.25) is 0 Å². The van der Waals surface area contributed by atoms with Gasteiger partial charge in [0.05, 0.1) is 6.20 Å². The van der Waals surface area contributed by atoms with Gasteiger partial charge in [-0.2, -0.15) is 10.1 Å². The van der Waals surface area contributed by atoms with Crippen LogP contribution in [0, 0.1) is 0 Å². The quantitative estimate of drug-likeness (QED) is 0.642. The van der Waals surface area contributed by atoms with Crippen LogP contribution in [-0.2, 0) is 6.54 Å². The van der Waals surface area contributed by atoms with Crippen LogP contribution in [0.1, 0.15) is 19.4 Å². The number of benzene rings is 1. The molecule has 4 rings (SSSR count). The molecule has 3 heterocycles. The van der Waals surface area contributed by atoms with Crippen LogP contribution in [-0.4, -0.2) is 52.4 Å². The van der Waals surface area contributed by atoms with E-state index >= 15 is 0 Å². The van der Waals surface area contributed by atoms with E-state index in [1.165, 1.54) is 5.56 Å². The van der Waals surface area contributed by atoms with Crippen LogP contribution in [0.3, 0.4) is 0 Å². The molecule has 0 aliphatic carbocycles. The molecule has 3 aromatic rings. The summed E-state index contributed by atoms with van der Waals surface area (Å²) in [6, 6.07) is 16.8. The van der Waals surface area contributed by atoms with E-state index in [1.807, 2.05) is 24.4 Å². The first kappa shape index (κ1) is 19.1. The molecule has 0 unspecified atom stereocenters. The Morgan fingerprint density at radius 2 is 1.66 bits per heavy atom. The van der Waals surface area contributed by atoms with Gasteiger partial charge in [-0.05, 0) is 31.5 Å². The van der Waals surface area contributed by atoms with E-state index in [0.29, 0.717) is 12.0 Å². The first-order valence-electron chi connectivity index (χ1n) is 10.1. The molecule has 1 aromatic carbocycles. The molecule has 1 saturated heterocycles. The summed E-state index contributed by atoms with van der Waals surface area (Å²) in [5.41, 5.74) is 1.25. The zero-order valence-electron chi connectivity index (χ0n) is 17.0. The lowest BCUT2D eigenvalue weighted by atomic mass is 10.2. The van der Waals surface area contributed by atoms with E-state index in [2.05, 4.69) is 74.1 Å². The minimum atomic E-state index is 0.306. The summed E-state index contributed by atoms with van der Waals surface area (Å²) in [6.45, 7) is 8.63. The van der Waals surface area contributed by atoms with Gasteiger partial charge in [0.1, 0.15) is 5.82 Å². The summed E-state index contributed by atoms with van der Waals surface area (Å²) in [5, 5.41) is 8.57. The summed E-state index contributed by atoms with van der Waals surface area (Å²) < 4.78 is 0. The van der Waals surface area contributed by atoms with Crippen LogP contribution in [0.4, 0.5) is 17.6 Å². The van der Waals surface area contributed by atoms with E-state index in [-0.39, 0.29) is 0 Å². The monoisotopic (exact) mass is 389 g/mol. The second-order valence-electron chi connectivity index (χ2n) is 7.48. The Kier molecular flexibility index (Phi) is 5.84. The summed E-state index contributed by atoms with van der Waals surface area (Å²) in [7, 11) is 0. The van der Waals surface area contributed by atoms with Crippen molar-refractivity contribution < 1.29 is 0 Å². The lowest BCUT2D eigenvalue weighted by molar-refractivity contribution is 0.623. The minimum Gasteiger partial charge on any atom is -0.353 e. The van der Waals surface area contributed by atoms with Crippen molar-refractivity contribution in [2.75, 3.05) is 40.9 Å². The third kappa shape index (κ3) is 4.62. The van der Waals surface area contributed by atoms with Gasteiger partial charge in [-0.3, -0.25) is 0 Å². The lowest BCUT2D eigenvalue weighted by Crippen LogP contribution is -2.47. The number of pyridine rings is 1. The van der Waals surface area contributed by atoms with Crippen molar-refractivity contribution in [1.29, 1.82) is 0 Å². The normalized spacial score (nSPS) is 14.3. The predicted molar refractivity (Wildman–Crippen MR) is 116 cm³/mol. The fourth-order valence-electron chi connectivity index (χ4n) is 3.54. The van der Waals surface area contributed by atoms with Gasteiger partial charge in [-0.15, -0.1) is 5.10 Å². The van der Waals surface area contributed by atoms with E-state index in [4.69, 9.17) is 4.98 Å².